The van der Waals surface area contributed by atoms with Crippen LogP contribution < -0.4 is 0 Å². The largest absolute Gasteiger partial charge is 0.401 e. The first-order valence-electron chi connectivity index (χ1n) is 6.41. The lowest BCUT2D eigenvalue weighted by atomic mass is 9.89. The molecular formula is C12H22F3NO. The standard InChI is InChI=1S/C12H22F3NO/c13-12(14,15)10-16(7-4-8-17)9-11-5-2-1-3-6-11/h11,17H,1-10H2. The van der Waals surface area contributed by atoms with E-state index in [-0.39, 0.29) is 6.61 Å². The fourth-order valence-electron chi connectivity index (χ4n) is 2.52. The van der Waals surface area contributed by atoms with Gasteiger partial charge in [0.25, 0.3) is 0 Å². The lowest BCUT2D eigenvalue weighted by Crippen LogP contribution is -2.39. The molecule has 0 aromatic rings. The molecule has 5 heteroatoms. The van der Waals surface area contributed by atoms with Gasteiger partial charge in [-0.3, -0.25) is 4.90 Å². The Morgan fingerprint density at radius 2 is 1.76 bits per heavy atom. The minimum Gasteiger partial charge on any atom is -0.396 e. The molecule has 0 aliphatic heterocycles. The summed E-state index contributed by atoms with van der Waals surface area (Å²) in [7, 11) is 0. The Kier molecular flexibility index (Phi) is 6.27. The molecule has 0 aromatic heterocycles. The highest BCUT2D eigenvalue weighted by Crippen LogP contribution is 2.26. The van der Waals surface area contributed by atoms with Crippen molar-refractivity contribution in [2.75, 3.05) is 26.2 Å². The molecule has 0 heterocycles. The van der Waals surface area contributed by atoms with Crippen LogP contribution >= 0.6 is 0 Å². The van der Waals surface area contributed by atoms with Gasteiger partial charge in [0.05, 0.1) is 6.54 Å². The van der Waals surface area contributed by atoms with Crippen molar-refractivity contribution in [3.05, 3.63) is 0 Å². The second-order valence-corrected chi connectivity index (χ2v) is 4.93. The van der Waals surface area contributed by atoms with Gasteiger partial charge in [-0.25, -0.2) is 0 Å². The van der Waals surface area contributed by atoms with Gasteiger partial charge >= 0.3 is 6.18 Å². The summed E-state index contributed by atoms with van der Waals surface area (Å²) in [6.07, 6.45) is 1.88. The molecule has 1 aliphatic rings. The number of hydrogen-bond donors (Lipinski definition) is 1. The van der Waals surface area contributed by atoms with E-state index in [0.29, 0.717) is 25.4 Å². The number of rotatable bonds is 6. The van der Waals surface area contributed by atoms with Crippen LogP contribution in [0.15, 0.2) is 0 Å². The molecule has 0 unspecified atom stereocenters. The molecular weight excluding hydrogens is 231 g/mol. The van der Waals surface area contributed by atoms with E-state index in [1.807, 2.05) is 0 Å². The third kappa shape index (κ3) is 6.88. The van der Waals surface area contributed by atoms with Crippen LogP contribution in [-0.2, 0) is 0 Å². The number of alkyl halides is 3. The third-order valence-corrected chi connectivity index (χ3v) is 3.28. The normalized spacial score (nSPS) is 18.9. The molecule has 0 atom stereocenters. The Morgan fingerprint density at radius 1 is 1.12 bits per heavy atom. The molecule has 1 rings (SSSR count). The van der Waals surface area contributed by atoms with Gasteiger partial charge in [-0.05, 0) is 25.2 Å². The molecule has 1 saturated carbocycles. The fraction of sp³-hybridized carbons (Fsp3) is 1.00. The molecule has 1 aliphatic carbocycles. The molecule has 0 spiro atoms. The van der Waals surface area contributed by atoms with E-state index < -0.39 is 12.7 Å². The van der Waals surface area contributed by atoms with Crippen molar-refractivity contribution in [1.29, 1.82) is 0 Å². The number of hydrogen-bond acceptors (Lipinski definition) is 2. The average Bonchev–Trinajstić information content (AvgIpc) is 2.25. The van der Waals surface area contributed by atoms with E-state index >= 15 is 0 Å². The molecule has 1 N–H and O–H groups in total. The van der Waals surface area contributed by atoms with E-state index in [1.165, 1.54) is 11.3 Å². The molecule has 102 valence electrons. The number of nitrogens with zero attached hydrogens (tertiary/aromatic N) is 1. The average molecular weight is 253 g/mol. The zero-order valence-corrected chi connectivity index (χ0v) is 10.2. The zero-order valence-electron chi connectivity index (χ0n) is 10.2. The molecule has 0 aromatic carbocycles. The maximum atomic E-state index is 12.4. The number of aliphatic hydroxyl groups is 1. The molecule has 0 bridgehead atoms. The van der Waals surface area contributed by atoms with Gasteiger partial charge in [0.1, 0.15) is 0 Å². The smallest absolute Gasteiger partial charge is 0.396 e. The van der Waals surface area contributed by atoms with Gasteiger partial charge in [-0.1, -0.05) is 19.3 Å². The van der Waals surface area contributed by atoms with Crippen LogP contribution in [0, 0.1) is 5.92 Å². The van der Waals surface area contributed by atoms with Crippen molar-refractivity contribution in [3.8, 4) is 0 Å². The summed E-state index contributed by atoms with van der Waals surface area (Å²) >= 11 is 0. The predicted molar refractivity (Wildman–Crippen MR) is 60.8 cm³/mol. The van der Waals surface area contributed by atoms with Gasteiger partial charge in [0.2, 0.25) is 0 Å². The molecule has 0 saturated heterocycles. The summed E-state index contributed by atoms with van der Waals surface area (Å²) in [6, 6.07) is 0. The molecule has 17 heavy (non-hydrogen) atoms. The Labute approximate surface area is 101 Å². The van der Waals surface area contributed by atoms with Crippen molar-refractivity contribution < 1.29 is 18.3 Å². The quantitative estimate of drug-likeness (QED) is 0.787. The fourth-order valence-corrected chi connectivity index (χ4v) is 2.52. The highest BCUT2D eigenvalue weighted by molar-refractivity contribution is 4.72. The van der Waals surface area contributed by atoms with Crippen molar-refractivity contribution >= 4 is 0 Å². The lowest BCUT2D eigenvalue weighted by molar-refractivity contribution is -0.147. The van der Waals surface area contributed by atoms with Crippen LogP contribution in [-0.4, -0.2) is 42.4 Å². The second-order valence-electron chi connectivity index (χ2n) is 4.93. The maximum Gasteiger partial charge on any atom is 0.401 e. The Balaban J connectivity index is 2.38. The minimum atomic E-state index is -4.13. The summed E-state index contributed by atoms with van der Waals surface area (Å²) in [5, 5.41) is 8.71. The van der Waals surface area contributed by atoms with Gasteiger partial charge in [-0.15, -0.1) is 0 Å². The first-order chi connectivity index (χ1) is 8.01. The van der Waals surface area contributed by atoms with Crippen LogP contribution in [0.1, 0.15) is 38.5 Å². The predicted octanol–water partition coefficient (Wildman–Crippen LogP) is 2.81. The van der Waals surface area contributed by atoms with Crippen LogP contribution in [0.4, 0.5) is 13.2 Å². The first kappa shape index (κ1) is 14.8. The highest BCUT2D eigenvalue weighted by Gasteiger charge is 2.31. The number of aliphatic hydroxyl groups excluding tert-OH is 1. The van der Waals surface area contributed by atoms with Crippen molar-refractivity contribution in [2.45, 2.75) is 44.7 Å². The topological polar surface area (TPSA) is 23.5 Å². The van der Waals surface area contributed by atoms with Gasteiger partial charge in [-0.2, -0.15) is 13.2 Å². The summed E-state index contributed by atoms with van der Waals surface area (Å²) in [6.45, 7) is -0.0193. The monoisotopic (exact) mass is 253 g/mol. The van der Waals surface area contributed by atoms with E-state index in [2.05, 4.69) is 0 Å². The van der Waals surface area contributed by atoms with E-state index in [4.69, 9.17) is 5.11 Å². The molecule has 0 radical (unpaired) electrons. The summed E-state index contributed by atoms with van der Waals surface area (Å²) in [4.78, 5) is 1.45. The van der Waals surface area contributed by atoms with Crippen LogP contribution in [0.25, 0.3) is 0 Å². The van der Waals surface area contributed by atoms with E-state index in [1.54, 1.807) is 0 Å². The minimum absolute atomic E-state index is 0.0426. The van der Waals surface area contributed by atoms with Crippen molar-refractivity contribution in [3.63, 3.8) is 0 Å². The molecule has 0 amide bonds. The summed E-state index contributed by atoms with van der Waals surface area (Å²) in [5.41, 5.74) is 0. The van der Waals surface area contributed by atoms with Crippen LogP contribution in [0.5, 0.6) is 0 Å². The Bertz CT molecular complexity index is 202. The van der Waals surface area contributed by atoms with E-state index in [0.717, 1.165) is 25.7 Å². The molecule has 2 nitrogen and oxygen atoms in total. The first-order valence-corrected chi connectivity index (χ1v) is 6.41. The van der Waals surface area contributed by atoms with Gasteiger partial charge < -0.3 is 5.11 Å². The van der Waals surface area contributed by atoms with Crippen LogP contribution in [0.3, 0.4) is 0 Å². The lowest BCUT2D eigenvalue weighted by Gasteiger charge is -2.30. The SMILES string of the molecule is OCCCN(CC1CCCCC1)CC(F)(F)F. The van der Waals surface area contributed by atoms with Gasteiger partial charge in [0.15, 0.2) is 0 Å². The second kappa shape index (κ2) is 7.21. The molecule has 1 fully saturated rings. The zero-order chi connectivity index (χ0) is 12.7. The summed E-state index contributed by atoms with van der Waals surface area (Å²) in [5.74, 6) is 0.407. The van der Waals surface area contributed by atoms with Crippen molar-refractivity contribution in [2.24, 2.45) is 5.92 Å². The Morgan fingerprint density at radius 3 is 2.29 bits per heavy atom. The van der Waals surface area contributed by atoms with Crippen molar-refractivity contribution in [1.82, 2.24) is 4.90 Å². The third-order valence-electron chi connectivity index (χ3n) is 3.28. The highest BCUT2D eigenvalue weighted by atomic mass is 19.4. The summed E-state index contributed by atoms with van der Waals surface area (Å²) < 4.78 is 37.1. The van der Waals surface area contributed by atoms with Crippen LogP contribution in [0.2, 0.25) is 0 Å². The number of halogens is 3. The maximum absolute atomic E-state index is 12.4. The Hall–Kier alpha value is -0.290. The van der Waals surface area contributed by atoms with Gasteiger partial charge in [0, 0.05) is 19.7 Å². The van der Waals surface area contributed by atoms with E-state index in [9.17, 15) is 13.2 Å².